The first-order chi connectivity index (χ1) is 9.66. The molecule has 0 bridgehead atoms. The third-order valence-electron chi connectivity index (χ3n) is 3.15. The molecule has 20 heavy (non-hydrogen) atoms. The van der Waals surface area contributed by atoms with E-state index in [9.17, 15) is 4.79 Å². The van der Waals surface area contributed by atoms with Crippen molar-refractivity contribution in [2.75, 3.05) is 0 Å². The molecule has 0 fully saturated rings. The number of hydrogen-bond donors (Lipinski definition) is 0. The van der Waals surface area contributed by atoms with E-state index in [4.69, 9.17) is 11.6 Å². The van der Waals surface area contributed by atoms with E-state index in [1.54, 1.807) is 40.1 Å². The lowest BCUT2D eigenvalue weighted by atomic mass is 10.2. The summed E-state index contributed by atoms with van der Waals surface area (Å²) in [5, 5.41) is 4.90. The lowest BCUT2D eigenvalue weighted by molar-refractivity contribution is 0.425. The van der Waals surface area contributed by atoms with E-state index in [0.29, 0.717) is 22.5 Å². The minimum atomic E-state index is -0.145. The monoisotopic (exact) mass is 289 g/mol. The van der Waals surface area contributed by atoms with E-state index in [1.807, 2.05) is 6.92 Å². The maximum absolute atomic E-state index is 12.5. The minimum absolute atomic E-state index is 0.0997. The van der Waals surface area contributed by atoms with Gasteiger partial charge in [0.05, 0.1) is 34.8 Å². The van der Waals surface area contributed by atoms with Crippen LogP contribution in [0, 0.1) is 0 Å². The van der Waals surface area contributed by atoms with Gasteiger partial charge in [0, 0.05) is 0 Å². The third kappa shape index (κ3) is 2.18. The zero-order valence-electron chi connectivity index (χ0n) is 10.8. The van der Waals surface area contributed by atoms with Crippen molar-refractivity contribution in [2.24, 2.45) is 0 Å². The van der Waals surface area contributed by atoms with Crippen LogP contribution in [0.4, 0.5) is 0 Å². The molecule has 0 aliphatic carbocycles. The van der Waals surface area contributed by atoms with E-state index in [1.165, 1.54) is 6.33 Å². The number of aromatic nitrogens is 5. The van der Waals surface area contributed by atoms with Gasteiger partial charge < -0.3 is 0 Å². The lowest BCUT2D eigenvalue weighted by Crippen LogP contribution is -2.26. The van der Waals surface area contributed by atoms with E-state index >= 15 is 0 Å². The second-order valence-electron chi connectivity index (χ2n) is 4.56. The highest BCUT2D eigenvalue weighted by Crippen LogP contribution is 2.18. The fourth-order valence-electron chi connectivity index (χ4n) is 2.14. The molecule has 3 aromatic rings. The van der Waals surface area contributed by atoms with Gasteiger partial charge in [0.15, 0.2) is 0 Å². The molecule has 0 aliphatic rings. The Kier molecular flexibility index (Phi) is 3.23. The zero-order chi connectivity index (χ0) is 14.1. The summed E-state index contributed by atoms with van der Waals surface area (Å²) in [5.41, 5.74) is 0.458. The standard InChI is InChI=1S/C13H12ClN5O/c1-9(5-18-7-15-6-17-18)19-8-16-11-4-2-3-10(14)12(11)13(19)20/h2-4,6-9H,5H2,1H3/t9-/m1/s1. The average Bonchev–Trinajstić information content (AvgIpc) is 2.91. The van der Waals surface area contributed by atoms with Crippen LogP contribution in [-0.2, 0) is 6.54 Å². The van der Waals surface area contributed by atoms with Crippen molar-refractivity contribution in [3.8, 4) is 0 Å². The molecule has 0 radical (unpaired) electrons. The van der Waals surface area contributed by atoms with Crippen molar-refractivity contribution < 1.29 is 0 Å². The Labute approximate surface area is 119 Å². The molecule has 102 valence electrons. The molecule has 0 saturated carbocycles. The van der Waals surface area contributed by atoms with Crippen molar-refractivity contribution in [2.45, 2.75) is 19.5 Å². The normalized spacial score (nSPS) is 12.7. The van der Waals surface area contributed by atoms with Gasteiger partial charge in [-0.15, -0.1) is 0 Å². The molecule has 0 spiro atoms. The predicted molar refractivity (Wildman–Crippen MR) is 75.7 cm³/mol. The molecular weight excluding hydrogens is 278 g/mol. The maximum atomic E-state index is 12.5. The first-order valence-electron chi connectivity index (χ1n) is 6.14. The topological polar surface area (TPSA) is 65.6 Å². The summed E-state index contributed by atoms with van der Waals surface area (Å²) in [6, 6.07) is 5.15. The van der Waals surface area contributed by atoms with Crippen LogP contribution in [0.1, 0.15) is 13.0 Å². The molecule has 3 rings (SSSR count). The van der Waals surface area contributed by atoms with Crippen molar-refractivity contribution in [3.63, 3.8) is 0 Å². The van der Waals surface area contributed by atoms with Crippen LogP contribution in [0.15, 0.2) is 42.0 Å². The first kappa shape index (κ1) is 12.8. The zero-order valence-corrected chi connectivity index (χ0v) is 11.5. The second-order valence-corrected chi connectivity index (χ2v) is 4.96. The van der Waals surface area contributed by atoms with Gasteiger partial charge in [0.2, 0.25) is 0 Å². The molecule has 2 aromatic heterocycles. The Hall–Kier alpha value is -2.21. The smallest absolute Gasteiger partial charge is 0.263 e. The molecule has 6 nitrogen and oxygen atoms in total. The highest BCUT2D eigenvalue weighted by atomic mass is 35.5. The van der Waals surface area contributed by atoms with E-state index in [-0.39, 0.29) is 11.6 Å². The van der Waals surface area contributed by atoms with Gasteiger partial charge in [-0.1, -0.05) is 17.7 Å². The molecule has 1 atom stereocenters. The number of fused-ring (bicyclic) bond motifs is 1. The van der Waals surface area contributed by atoms with Crippen molar-refractivity contribution in [1.82, 2.24) is 24.3 Å². The van der Waals surface area contributed by atoms with Crippen molar-refractivity contribution in [3.05, 3.63) is 52.6 Å². The predicted octanol–water partition coefficient (Wildman–Crippen LogP) is 1.90. The third-order valence-corrected chi connectivity index (χ3v) is 3.47. The number of rotatable bonds is 3. The number of halogens is 1. The Morgan fingerprint density at radius 3 is 2.95 bits per heavy atom. The summed E-state index contributed by atoms with van der Waals surface area (Å²) < 4.78 is 3.24. The molecule has 1 aromatic carbocycles. The second kappa shape index (κ2) is 5.05. The van der Waals surface area contributed by atoms with E-state index in [2.05, 4.69) is 15.1 Å². The maximum Gasteiger partial charge on any atom is 0.263 e. The van der Waals surface area contributed by atoms with Crippen LogP contribution in [0.5, 0.6) is 0 Å². The summed E-state index contributed by atoms with van der Waals surface area (Å²) in [6.45, 7) is 2.46. The van der Waals surface area contributed by atoms with Crippen LogP contribution in [0.2, 0.25) is 5.02 Å². The van der Waals surface area contributed by atoms with Crippen molar-refractivity contribution in [1.29, 1.82) is 0 Å². The van der Waals surface area contributed by atoms with Crippen LogP contribution in [0.25, 0.3) is 10.9 Å². The molecule has 0 unspecified atom stereocenters. The SMILES string of the molecule is C[C@H](Cn1cncn1)n1cnc2cccc(Cl)c2c1=O. The molecule has 0 amide bonds. The first-order valence-corrected chi connectivity index (χ1v) is 6.52. The highest BCUT2D eigenvalue weighted by molar-refractivity contribution is 6.35. The van der Waals surface area contributed by atoms with Crippen molar-refractivity contribution >= 4 is 22.5 Å². The Morgan fingerprint density at radius 1 is 1.35 bits per heavy atom. The minimum Gasteiger partial charge on any atom is -0.294 e. The summed E-state index contributed by atoms with van der Waals surface area (Å²) in [7, 11) is 0. The summed E-state index contributed by atoms with van der Waals surface area (Å²) in [6.07, 6.45) is 4.62. The van der Waals surface area contributed by atoms with Gasteiger partial charge in [-0.3, -0.25) is 14.0 Å². The molecule has 0 N–H and O–H groups in total. The molecule has 0 aliphatic heterocycles. The molecular formula is C13H12ClN5O. The summed E-state index contributed by atoms with van der Waals surface area (Å²) in [4.78, 5) is 20.7. The largest absolute Gasteiger partial charge is 0.294 e. The fraction of sp³-hybridized carbons (Fsp3) is 0.231. The Balaban J connectivity index is 2.06. The lowest BCUT2D eigenvalue weighted by Gasteiger charge is -2.15. The number of hydrogen-bond acceptors (Lipinski definition) is 4. The van der Waals surface area contributed by atoms with Gasteiger partial charge in [-0.25, -0.2) is 9.97 Å². The van der Waals surface area contributed by atoms with Gasteiger partial charge in [-0.2, -0.15) is 5.10 Å². The average molecular weight is 290 g/mol. The summed E-state index contributed by atoms with van der Waals surface area (Å²) >= 11 is 6.10. The van der Waals surface area contributed by atoms with Gasteiger partial charge in [-0.05, 0) is 19.1 Å². The highest BCUT2D eigenvalue weighted by Gasteiger charge is 2.12. The molecule has 2 heterocycles. The quantitative estimate of drug-likeness (QED) is 0.739. The van der Waals surface area contributed by atoms with Crippen LogP contribution < -0.4 is 5.56 Å². The van der Waals surface area contributed by atoms with Gasteiger partial charge >= 0.3 is 0 Å². The Morgan fingerprint density at radius 2 is 2.20 bits per heavy atom. The van der Waals surface area contributed by atoms with E-state index in [0.717, 1.165) is 0 Å². The van der Waals surface area contributed by atoms with Gasteiger partial charge in [0.1, 0.15) is 12.7 Å². The fourth-order valence-corrected chi connectivity index (χ4v) is 2.39. The van der Waals surface area contributed by atoms with Crippen LogP contribution >= 0.6 is 11.6 Å². The summed E-state index contributed by atoms with van der Waals surface area (Å²) in [5.74, 6) is 0. The molecule has 0 saturated heterocycles. The Bertz CT molecular complexity index is 796. The number of nitrogens with zero attached hydrogens (tertiary/aromatic N) is 5. The molecule has 7 heteroatoms. The van der Waals surface area contributed by atoms with Gasteiger partial charge in [0.25, 0.3) is 5.56 Å². The van der Waals surface area contributed by atoms with Crippen LogP contribution in [-0.4, -0.2) is 24.3 Å². The van der Waals surface area contributed by atoms with E-state index < -0.39 is 0 Å². The van der Waals surface area contributed by atoms with Crippen LogP contribution in [0.3, 0.4) is 0 Å². The number of benzene rings is 1.